The molecular formula is C24H20NO5-. The summed E-state index contributed by atoms with van der Waals surface area (Å²) in [6.07, 6.45) is -1.12. The molecule has 6 nitrogen and oxygen atoms in total. The summed E-state index contributed by atoms with van der Waals surface area (Å²) in [6, 6.07) is 21.1. The van der Waals surface area contributed by atoms with Gasteiger partial charge in [-0.15, -0.1) is 0 Å². The van der Waals surface area contributed by atoms with E-state index in [-0.39, 0.29) is 18.3 Å². The summed E-state index contributed by atoms with van der Waals surface area (Å²) in [5.74, 6) is -1.34. The predicted molar refractivity (Wildman–Crippen MR) is 109 cm³/mol. The number of nitrogens with one attached hydrogen (secondary N) is 1. The Morgan fingerprint density at radius 1 is 0.933 bits per heavy atom. The van der Waals surface area contributed by atoms with Crippen molar-refractivity contribution >= 4 is 12.1 Å². The van der Waals surface area contributed by atoms with Gasteiger partial charge in [0.2, 0.25) is 0 Å². The van der Waals surface area contributed by atoms with Gasteiger partial charge >= 0.3 is 6.09 Å². The molecule has 30 heavy (non-hydrogen) atoms. The van der Waals surface area contributed by atoms with Gasteiger partial charge in [0.15, 0.2) is 0 Å². The summed E-state index contributed by atoms with van der Waals surface area (Å²) in [6.45, 7) is 0.132. The van der Waals surface area contributed by atoms with Crippen LogP contribution in [0.5, 0.6) is 5.75 Å². The molecule has 3 aromatic carbocycles. The van der Waals surface area contributed by atoms with Gasteiger partial charge < -0.3 is 25.1 Å². The van der Waals surface area contributed by atoms with Crippen LogP contribution in [0.15, 0.2) is 72.8 Å². The largest absolute Gasteiger partial charge is 0.550 e. The second-order valence-corrected chi connectivity index (χ2v) is 7.19. The molecule has 3 aromatic rings. The normalized spacial score (nSPS) is 13.2. The lowest BCUT2D eigenvalue weighted by atomic mass is 9.98. The molecule has 2 N–H and O–H groups in total. The SMILES string of the molecule is O=C([O-])C[C@@H](NC(=O)OCC1c2ccccc2-c2ccccc21)c1ccc(O)cc1. The molecule has 6 heteroatoms. The maximum absolute atomic E-state index is 12.5. The fourth-order valence-corrected chi connectivity index (χ4v) is 3.91. The maximum atomic E-state index is 12.5. The first-order valence-electron chi connectivity index (χ1n) is 9.63. The van der Waals surface area contributed by atoms with E-state index in [0.717, 1.165) is 22.3 Å². The predicted octanol–water partition coefficient (Wildman–Crippen LogP) is 3.11. The van der Waals surface area contributed by atoms with Crippen LogP contribution in [0.25, 0.3) is 11.1 Å². The lowest BCUT2D eigenvalue weighted by molar-refractivity contribution is -0.306. The molecule has 0 spiro atoms. The van der Waals surface area contributed by atoms with Crippen molar-refractivity contribution in [2.45, 2.75) is 18.4 Å². The molecule has 0 bridgehead atoms. The average Bonchev–Trinajstić information content (AvgIpc) is 3.06. The number of carbonyl (C=O) groups is 2. The van der Waals surface area contributed by atoms with Gasteiger partial charge in [0, 0.05) is 18.3 Å². The molecule has 152 valence electrons. The zero-order chi connectivity index (χ0) is 21.1. The van der Waals surface area contributed by atoms with Crippen LogP contribution in [0.1, 0.15) is 35.1 Å². The van der Waals surface area contributed by atoms with E-state index < -0.39 is 24.5 Å². The zero-order valence-electron chi connectivity index (χ0n) is 16.1. The maximum Gasteiger partial charge on any atom is 0.407 e. The number of carbonyl (C=O) groups excluding carboxylic acids is 2. The molecule has 0 unspecified atom stereocenters. The van der Waals surface area contributed by atoms with Crippen LogP contribution in [0.2, 0.25) is 0 Å². The van der Waals surface area contributed by atoms with Gasteiger partial charge in [-0.1, -0.05) is 60.7 Å². The Balaban J connectivity index is 1.47. The molecule has 1 aliphatic carbocycles. The van der Waals surface area contributed by atoms with Crippen molar-refractivity contribution in [2.24, 2.45) is 0 Å². The lowest BCUT2D eigenvalue weighted by Crippen LogP contribution is -2.35. The molecule has 1 aliphatic rings. The van der Waals surface area contributed by atoms with E-state index in [2.05, 4.69) is 17.4 Å². The van der Waals surface area contributed by atoms with E-state index in [1.807, 2.05) is 36.4 Å². The molecular weight excluding hydrogens is 382 g/mol. The Hall–Kier alpha value is -3.80. The minimum Gasteiger partial charge on any atom is -0.550 e. The fraction of sp³-hybridized carbons (Fsp3) is 0.167. The van der Waals surface area contributed by atoms with Crippen LogP contribution in [-0.2, 0) is 9.53 Å². The van der Waals surface area contributed by atoms with E-state index in [9.17, 15) is 19.8 Å². The number of rotatable bonds is 6. The quantitative estimate of drug-likeness (QED) is 0.660. The number of phenolic OH excluding ortho intramolecular Hbond substituents is 1. The van der Waals surface area contributed by atoms with E-state index in [1.54, 1.807) is 12.1 Å². The molecule has 0 aromatic heterocycles. The summed E-state index contributed by atoms with van der Waals surface area (Å²) in [7, 11) is 0. The second kappa shape index (κ2) is 8.29. The number of ether oxygens (including phenoxy) is 1. The number of alkyl carbamates (subject to hydrolysis) is 1. The van der Waals surface area contributed by atoms with Crippen molar-refractivity contribution < 1.29 is 24.5 Å². The molecule has 0 saturated heterocycles. The molecule has 0 heterocycles. The molecule has 0 fully saturated rings. The topological polar surface area (TPSA) is 98.7 Å². The van der Waals surface area contributed by atoms with Crippen LogP contribution in [-0.4, -0.2) is 23.8 Å². The Labute approximate surface area is 173 Å². The van der Waals surface area contributed by atoms with E-state index in [0.29, 0.717) is 5.56 Å². The molecule has 0 aliphatic heterocycles. The van der Waals surface area contributed by atoms with Gasteiger partial charge in [-0.3, -0.25) is 0 Å². The highest BCUT2D eigenvalue weighted by molar-refractivity contribution is 5.79. The zero-order valence-corrected chi connectivity index (χ0v) is 16.1. The van der Waals surface area contributed by atoms with Crippen molar-refractivity contribution in [2.75, 3.05) is 6.61 Å². The first-order valence-corrected chi connectivity index (χ1v) is 9.63. The Morgan fingerprint density at radius 3 is 2.07 bits per heavy atom. The minimum atomic E-state index is -1.30. The lowest BCUT2D eigenvalue weighted by Gasteiger charge is -2.21. The summed E-state index contributed by atoms with van der Waals surface area (Å²) in [5, 5.41) is 23.1. The first kappa shape index (κ1) is 19.5. The van der Waals surface area contributed by atoms with Crippen LogP contribution >= 0.6 is 0 Å². The number of carboxylic acids is 1. The van der Waals surface area contributed by atoms with Gasteiger partial charge in [0.05, 0.1) is 6.04 Å². The van der Waals surface area contributed by atoms with Crippen molar-refractivity contribution in [1.82, 2.24) is 5.32 Å². The number of aromatic hydroxyl groups is 1. The van der Waals surface area contributed by atoms with Crippen LogP contribution in [0.4, 0.5) is 4.79 Å². The molecule has 0 radical (unpaired) electrons. The average molecular weight is 402 g/mol. The monoisotopic (exact) mass is 402 g/mol. The molecule has 1 atom stereocenters. The third-order valence-electron chi connectivity index (χ3n) is 5.30. The number of carboxylic acid groups (broad SMARTS) is 1. The van der Waals surface area contributed by atoms with Crippen LogP contribution < -0.4 is 10.4 Å². The molecule has 1 amide bonds. The van der Waals surface area contributed by atoms with Gasteiger partial charge in [-0.2, -0.15) is 0 Å². The molecule has 0 saturated carbocycles. The number of fused-ring (bicyclic) bond motifs is 3. The fourth-order valence-electron chi connectivity index (χ4n) is 3.91. The van der Waals surface area contributed by atoms with Gasteiger partial charge in [0.1, 0.15) is 12.4 Å². The summed E-state index contributed by atoms with van der Waals surface area (Å²) < 4.78 is 5.48. The van der Waals surface area contributed by atoms with E-state index >= 15 is 0 Å². The number of phenols is 1. The molecule has 4 rings (SSSR count). The van der Waals surface area contributed by atoms with Crippen molar-refractivity contribution in [3.8, 4) is 16.9 Å². The highest BCUT2D eigenvalue weighted by Crippen LogP contribution is 2.44. The van der Waals surface area contributed by atoms with Gasteiger partial charge in [0.25, 0.3) is 0 Å². The Kier molecular flexibility index (Phi) is 5.39. The van der Waals surface area contributed by atoms with E-state index in [1.165, 1.54) is 12.1 Å². The number of hydrogen-bond acceptors (Lipinski definition) is 5. The standard InChI is InChI=1S/C24H21NO5/c26-16-11-9-15(10-12-16)22(13-23(27)28)25-24(29)30-14-21-19-7-3-1-5-17(19)18-6-2-4-8-20(18)21/h1-12,21-22,26H,13-14H2,(H,25,29)(H,27,28)/p-1/t22-/m1/s1. The first-order chi connectivity index (χ1) is 14.5. The van der Waals surface area contributed by atoms with Crippen LogP contribution in [0, 0.1) is 0 Å². The highest BCUT2D eigenvalue weighted by Gasteiger charge is 2.29. The van der Waals surface area contributed by atoms with Gasteiger partial charge in [-0.25, -0.2) is 4.79 Å². The number of hydrogen-bond donors (Lipinski definition) is 2. The highest BCUT2D eigenvalue weighted by atomic mass is 16.5. The number of amides is 1. The Morgan fingerprint density at radius 2 is 1.50 bits per heavy atom. The van der Waals surface area contributed by atoms with Crippen LogP contribution in [0.3, 0.4) is 0 Å². The number of benzene rings is 3. The van der Waals surface area contributed by atoms with Crippen molar-refractivity contribution in [1.29, 1.82) is 0 Å². The van der Waals surface area contributed by atoms with Crippen molar-refractivity contribution in [3.63, 3.8) is 0 Å². The summed E-state index contributed by atoms with van der Waals surface area (Å²) in [5.41, 5.74) is 4.97. The van der Waals surface area contributed by atoms with Gasteiger partial charge in [-0.05, 0) is 39.9 Å². The number of aliphatic carboxylic acids is 1. The summed E-state index contributed by atoms with van der Waals surface area (Å²) >= 11 is 0. The minimum absolute atomic E-state index is 0.0482. The van der Waals surface area contributed by atoms with Crippen molar-refractivity contribution in [3.05, 3.63) is 89.5 Å². The Bertz CT molecular complexity index is 1030. The van der Waals surface area contributed by atoms with E-state index in [4.69, 9.17) is 4.74 Å². The third-order valence-corrected chi connectivity index (χ3v) is 5.30. The second-order valence-electron chi connectivity index (χ2n) is 7.19. The smallest absolute Gasteiger partial charge is 0.407 e. The third kappa shape index (κ3) is 3.98. The summed E-state index contributed by atoms with van der Waals surface area (Å²) in [4.78, 5) is 23.6.